The van der Waals surface area contributed by atoms with Crippen molar-refractivity contribution in [3.05, 3.63) is 48.4 Å². The molecule has 2 heterocycles. The number of nitrogens with zero attached hydrogens (tertiary/aromatic N) is 3. The molecule has 0 bridgehead atoms. The molecular weight excluding hydrogens is 393 g/mol. The first-order valence-electron chi connectivity index (χ1n) is 6.87. The number of halogens is 1. The van der Waals surface area contributed by atoms with Crippen LogP contribution >= 0.6 is 24.0 Å². The fourth-order valence-corrected chi connectivity index (χ4v) is 1.89. The summed E-state index contributed by atoms with van der Waals surface area (Å²) in [6.45, 7) is 2.30. The Labute approximate surface area is 148 Å². The average molecular weight is 415 g/mol. The molecule has 0 aliphatic heterocycles. The maximum atomic E-state index is 5.11. The third-order valence-corrected chi connectivity index (χ3v) is 2.98. The van der Waals surface area contributed by atoms with E-state index in [1.807, 2.05) is 42.7 Å². The van der Waals surface area contributed by atoms with Gasteiger partial charge in [0, 0.05) is 38.6 Å². The monoisotopic (exact) mass is 415 g/mol. The molecule has 0 fully saturated rings. The third kappa shape index (κ3) is 5.92. The van der Waals surface area contributed by atoms with E-state index in [0.717, 1.165) is 24.7 Å². The van der Waals surface area contributed by atoms with Crippen molar-refractivity contribution >= 4 is 29.9 Å². The van der Waals surface area contributed by atoms with Crippen molar-refractivity contribution in [3.63, 3.8) is 0 Å². The van der Waals surface area contributed by atoms with Crippen LogP contribution in [-0.4, -0.2) is 36.2 Å². The maximum Gasteiger partial charge on any atom is 0.213 e. The predicted octanol–water partition coefficient (Wildman–Crippen LogP) is 1.87. The average Bonchev–Trinajstić information content (AvgIpc) is 3.04. The molecule has 0 aliphatic carbocycles. The molecule has 2 rings (SSSR count). The van der Waals surface area contributed by atoms with Crippen molar-refractivity contribution in [2.24, 2.45) is 4.99 Å². The molecule has 22 heavy (non-hydrogen) atoms. The van der Waals surface area contributed by atoms with Gasteiger partial charge < -0.3 is 19.9 Å². The number of aliphatic imine (C=N–C) groups is 1. The Hall–Kier alpha value is -1.77. The molecule has 2 aromatic rings. The molecule has 2 N–H and O–H groups in total. The number of ether oxygens (including phenoxy) is 1. The van der Waals surface area contributed by atoms with E-state index < -0.39 is 0 Å². The summed E-state index contributed by atoms with van der Waals surface area (Å²) in [6, 6.07) is 9.73. The van der Waals surface area contributed by atoms with Crippen LogP contribution < -0.4 is 15.4 Å². The molecule has 120 valence electrons. The second-order valence-electron chi connectivity index (χ2n) is 4.44. The Balaban J connectivity index is 0.00000242. The Morgan fingerprint density at radius 2 is 2.00 bits per heavy atom. The first kappa shape index (κ1) is 18.3. The van der Waals surface area contributed by atoms with Crippen LogP contribution in [0.5, 0.6) is 5.88 Å². The molecule has 0 aliphatic rings. The van der Waals surface area contributed by atoms with E-state index in [4.69, 9.17) is 4.74 Å². The Morgan fingerprint density at radius 1 is 1.23 bits per heavy atom. The number of hydrogen-bond donors (Lipinski definition) is 2. The van der Waals surface area contributed by atoms with E-state index in [0.29, 0.717) is 12.4 Å². The number of guanidine groups is 1. The van der Waals surface area contributed by atoms with E-state index in [9.17, 15) is 0 Å². The van der Waals surface area contributed by atoms with Crippen LogP contribution in [0.25, 0.3) is 0 Å². The molecule has 6 nitrogen and oxygen atoms in total. The number of pyridine rings is 1. The van der Waals surface area contributed by atoms with Crippen molar-refractivity contribution in [2.75, 3.05) is 20.7 Å². The van der Waals surface area contributed by atoms with Gasteiger partial charge in [-0.3, -0.25) is 4.99 Å². The van der Waals surface area contributed by atoms with Crippen LogP contribution in [0.4, 0.5) is 0 Å². The number of rotatable bonds is 6. The van der Waals surface area contributed by atoms with Gasteiger partial charge in [0.1, 0.15) is 0 Å². The van der Waals surface area contributed by atoms with Gasteiger partial charge in [0.25, 0.3) is 0 Å². The molecule has 0 aromatic carbocycles. The van der Waals surface area contributed by atoms with Crippen molar-refractivity contribution in [1.29, 1.82) is 0 Å². The van der Waals surface area contributed by atoms with Crippen LogP contribution in [0.15, 0.2) is 47.7 Å². The van der Waals surface area contributed by atoms with Gasteiger partial charge in [0.2, 0.25) is 5.88 Å². The van der Waals surface area contributed by atoms with Crippen molar-refractivity contribution in [3.8, 4) is 5.88 Å². The fourth-order valence-electron chi connectivity index (χ4n) is 1.89. The highest BCUT2D eigenvalue weighted by Crippen LogP contribution is 2.05. The van der Waals surface area contributed by atoms with Crippen LogP contribution in [0, 0.1) is 0 Å². The molecule has 0 unspecified atom stereocenters. The van der Waals surface area contributed by atoms with E-state index in [1.54, 1.807) is 14.2 Å². The number of methoxy groups -OCH3 is 1. The highest BCUT2D eigenvalue weighted by molar-refractivity contribution is 14.0. The SMILES string of the molecule is CN=C(NCCn1cccc1)NCc1cccc(OC)n1.I. The van der Waals surface area contributed by atoms with E-state index in [-0.39, 0.29) is 24.0 Å². The largest absolute Gasteiger partial charge is 0.481 e. The van der Waals surface area contributed by atoms with E-state index >= 15 is 0 Å². The zero-order chi connectivity index (χ0) is 14.9. The maximum absolute atomic E-state index is 5.11. The van der Waals surface area contributed by atoms with Gasteiger partial charge >= 0.3 is 0 Å². The van der Waals surface area contributed by atoms with E-state index in [2.05, 4.69) is 25.2 Å². The fraction of sp³-hybridized carbons (Fsp3) is 0.333. The topological polar surface area (TPSA) is 63.5 Å². The molecule has 2 aromatic heterocycles. The first-order chi connectivity index (χ1) is 10.3. The van der Waals surface area contributed by atoms with Gasteiger partial charge in [-0.25, -0.2) is 4.98 Å². The summed E-state index contributed by atoms with van der Waals surface area (Å²) in [4.78, 5) is 8.54. The molecule has 0 atom stereocenters. The zero-order valence-electron chi connectivity index (χ0n) is 12.8. The summed E-state index contributed by atoms with van der Waals surface area (Å²) in [5.74, 6) is 1.37. The van der Waals surface area contributed by atoms with Gasteiger partial charge in [-0.2, -0.15) is 0 Å². The highest BCUT2D eigenvalue weighted by Gasteiger charge is 2.00. The van der Waals surface area contributed by atoms with Gasteiger partial charge in [-0.05, 0) is 18.2 Å². The number of nitrogens with one attached hydrogen (secondary N) is 2. The molecule has 0 saturated heterocycles. The van der Waals surface area contributed by atoms with Crippen LogP contribution in [0.1, 0.15) is 5.69 Å². The first-order valence-corrected chi connectivity index (χ1v) is 6.87. The molecule has 0 saturated carbocycles. The second-order valence-corrected chi connectivity index (χ2v) is 4.44. The lowest BCUT2D eigenvalue weighted by Gasteiger charge is -2.12. The minimum absolute atomic E-state index is 0. The standard InChI is InChI=1S/C15H21N5O.HI/c1-16-15(17-8-11-20-9-3-4-10-20)18-12-13-6-5-7-14(19-13)21-2;/h3-7,9-10H,8,11-12H2,1-2H3,(H2,16,17,18);1H. The zero-order valence-corrected chi connectivity index (χ0v) is 15.2. The summed E-state index contributed by atoms with van der Waals surface area (Å²) >= 11 is 0. The lowest BCUT2D eigenvalue weighted by Crippen LogP contribution is -2.38. The minimum Gasteiger partial charge on any atom is -0.481 e. The van der Waals surface area contributed by atoms with Crippen LogP contribution in [0.3, 0.4) is 0 Å². The molecule has 0 amide bonds. The van der Waals surface area contributed by atoms with Crippen LogP contribution in [-0.2, 0) is 13.1 Å². The minimum atomic E-state index is 0. The number of aromatic nitrogens is 2. The smallest absolute Gasteiger partial charge is 0.213 e. The lowest BCUT2D eigenvalue weighted by molar-refractivity contribution is 0.396. The highest BCUT2D eigenvalue weighted by atomic mass is 127. The summed E-state index contributed by atoms with van der Waals surface area (Å²) in [6.07, 6.45) is 4.08. The summed E-state index contributed by atoms with van der Waals surface area (Å²) in [5, 5.41) is 6.49. The van der Waals surface area contributed by atoms with Crippen molar-refractivity contribution in [1.82, 2.24) is 20.2 Å². The third-order valence-electron chi connectivity index (χ3n) is 2.98. The normalized spacial score (nSPS) is 10.7. The summed E-state index contributed by atoms with van der Waals surface area (Å²) in [7, 11) is 3.37. The quantitative estimate of drug-likeness (QED) is 0.430. The van der Waals surface area contributed by atoms with Gasteiger partial charge in [-0.15, -0.1) is 24.0 Å². The molecule has 0 spiro atoms. The van der Waals surface area contributed by atoms with Crippen molar-refractivity contribution < 1.29 is 4.74 Å². The van der Waals surface area contributed by atoms with Gasteiger partial charge in [0.15, 0.2) is 5.96 Å². The Kier molecular flexibility index (Phi) is 8.34. The van der Waals surface area contributed by atoms with Gasteiger partial charge in [-0.1, -0.05) is 6.07 Å². The van der Waals surface area contributed by atoms with Gasteiger partial charge in [0.05, 0.1) is 19.3 Å². The Morgan fingerprint density at radius 3 is 2.68 bits per heavy atom. The number of hydrogen-bond acceptors (Lipinski definition) is 3. The summed E-state index contributed by atoms with van der Waals surface area (Å²) in [5.41, 5.74) is 0.905. The summed E-state index contributed by atoms with van der Waals surface area (Å²) < 4.78 is 7.22. The second kappa shape index (κ2) is 10.0. The molecular formula is C15H22IN5O. The van der Waals surface area contributed by atoms with Crippen molar-refractivity contribution in [2.45, 2.75) is 13.1 Å². The molecule has 7 heteroatoms. The lowest BCUT2D eigenvalue weighted by atomic mass is 10.3. The molecule has 0 radical (unpaired) electrons. The Bertz CT molecular complexity index is 571. The predicted molar refractivity (Wildman–Crippen MR) is 98.8 cm³/mol. The van der Waals surface area contributed by atoms with Crippen LogP contribution in [0.2, 0.25) is 0 Å². The van der Waals surface area contributed by atoms with E-state index in [1.165, 1.54) is 0 Å².